The van der Waals surface area contributed by atoms with Gasteiger partial charge in [0.05, 0.1) is 0 Å². The van der Waals surface area contributed by atoms with Crippen molar-refractivity contribution in [3.05, 3.63) is 72.6 Å². The Morgan fingerprint density at radius 1 is 1.09 bits per heavy atom. The Labute approximate surface area is 192 Å². The maximum atomic E-state index is 13.0. The van der Waals surface area contributed by atoms with Gasteiger partial charge in [-0.25, -0.2) is 9.78 Å². The van der Waals surface area contributed by atoms with E-state index >= 15 is 0 Å². The molecule has 0 saturated heterocycles. The number of hydrogen-bond acceptors (Lipinski definition) is 5. The number of anilines is 1. The van der Waals surface area contributed by atoms with Crippen molar-refractivity contribution in [1.29, 1.82) is 0 Å². The summed E-state index contributed by atoms with van der Waals surface area (Å²) in [5, 5.41) is 6.47. The van der Waals surface area contributed by atoms with Crippen LogP contribution in [0, 0.1) is 0 Å². The summed E-state index contributed by atoms with van der Waals surface area (Å²) in [5.41, 5.74) is 0.923. The molecule has 2 aromatic carbocycles. The molecule has 1 atom stereocenters. The topological polar surface area (TPSA) is 85.3 Å². The van der Waals surface area contributed by atoms with Crippen molar-refractivity contribution in [1.82, 2.24) is 14.9 Å². The molecule has 3 aromatic rings. The molecule has 2 amide bonds. The smallest absolute Gasteiger partial charge is 0.408 e. The molecule has 0 aliphatic carbocycles. The highest BCUT2D eigenvalue weighted by atomic mass is 32.2. The molecule has 0 spiro atoms. The van der Waals surface area contributed by atoms with Gasteiger partial charge in [0.25, 0.3) is 0 Å². The number of rotatable bonds is 7. The number of amides is 2. The first-order valence-corrected chi connectivity index (χ1v) is 11.1. The van der Waals surface area contributed by atoms with E-state index in [0.29, 0.717) is 12.1 Å². The average Bonchev–Trinajstić information content (AvgIpc) is 3.13. The molecule has 0 radical (unpaired) electrons. The number of carbonyl (C=O) groups is 2. The molecule has 1 heterocycles. The number of ether oxygens (including phenoxy) is 1. The quantitative estimate of drug-likeness (QED) is 0.545. The Morgan fingerprint density at radius 2 is 1.78 bits per heavy atom. The fraction of sp³-hybridized carbons (Fsp3) is 0.292. The van der Waals surface area contributed by atoms with Crippen molar-refractivity contribution in [2.45, 2.75) is 48.9 Å². The largest absolute Gasteiger partial charge is 0.444 e. The van der Waals surface area contributed by atoms with Gasteiger partial charge in [-0.2, -0.15) is 0 Å². The van der Waals surface area contributed by atoms with Crippen LogP contribution in [0.4, 0.5) is 10.5 Å². The van der Waals surface area contributed by atoms with E-state index in [-0.39, 0.29) is 5.91 Å². The number of alkyl carbamates (subject to hydrolysis) is 1. The van der Waals surface area contributed by atoms with E-state index in [0.717, 1.165) is 15.6 Å². The van der Waals surface area contributed by atoms with Crippen LogP contribution in [0.1, 0.15) is 26.3 Å². The van der Waals surface area contributed by atoms with Gasteiger partial charge >= 0.3 is 6.09 Å². The predicted molar refractivity (Wildman–Crippen MR) is 126 cm³/mol. The zero-order valence-electron chi connectivity index (χ0n) is 18.7. The highest BCUT2D eigenvalue weighted by Gasteiger charge is 2.25. The van der Waals surface area contributed by atoms with Crippen LogP contribution in [-0.2, 0) is 23.0 Å². The van der Waals surface area contributed by atoms with Gasteiger partial charge in [-0.05, 0) is 50.6 Å². The molecule has 0 bridgehead atoms. The summed E-state index contributed by atoms with van der Waals surface area (Å²) in [7, 11) is 1.94. The fourth-order valence-electron chi connectivity index (χ4n) is 2.90. The van der Waals surface area contributed by atoms with Crippen LogP contribution in [0.15, 0.2) is 77.0 Å². The maximum absolute atomic E-state index is 13.0. The van der Waals surface area contributed by atoms with Crippen molar-refractivity contribution in [2.24, 2.45) is 7.05 Å². The lowest BCUT2D eigenvalue weighted by Gasteiger charge is -2.23. The van der Waals surface area contributed by atoms with E-state index in [9.17, 15) is 9.59 Å². The summed E-state index contributed by atoms with van der Waals surface area (Å²) >= 11 is 1.54. The van der Waals surface area contributed by atoms with Gasteiger partial charge in [-0.15, -0.1) is 0 Å². The summed E-state index contributed by atoms with van der Waals surface area (Å²) in [4.78, 5) is 30.6. The second kappa shape index (κ2) is 10.4. The van der Waals surface area contributed by atoms with E-state index < -0.39 is 17.7 Å². The molecule has 168 valence electrons. The third kappa shape index (κ3) is 7.16. The minimum Gasteiger partial charge on any atom is -0.444 e. The van der Waals surface area contributed by atoms with Crippen LogP contribution in [-0.4, -0.2) is 33.2 Å². The molecule has 1 aromatic heterocycles. The first-order chi connectivity index (χ1) is 15.2. The van der Waals surface area contributed by atoms with E-state index in [1.165, 1.54) is 11.8 Å². The zero-order valence-corrected chi connectivity index (χ0v) is 19.5. The lowest BCUT2D eigenvalue weighted by atomic mass is 10.1. The molecule has 8 heteroatoms. The van der Waals surface area contributed by atoms with Crippen LogP contribution in [0.5, 0.6) is 0 Å². The molecule has 3 rings (SSSR count). The molecular weight excluding hydrogens is 424 g/mol. The van der Waals surface area contributed by atoms with Crippen molar-refractivity contribution >= 4 is 29.4 Å². The van der Waals surface area contributed by atoms with Crippen molar-refractivity contribution in [2.75, 3.05) is 5.32 Å². The van der Waals surface area contributed by atoms with Gasteiger partial charge in [0.1, 0.15) is 11.6 Å². The number of benzene rings is 2. The van der Waals surface area contributed by atoms with Crippen LogP contribution in [0.2, 0.25) is 0 Å². The summed E-state index contributed by atoms with van der Waals surface area (Å²) < 4.78 is 7.28. The van der Waals surface area contributed by atoms with Crippen molar-refractivity contribution in [3.8, 4) is 0 Å². The number of hydrogen-bond donors (Lipinski definition) is 2. The average molecular weight is 453 g/mol. The number of aromatic nitrogens is 2. The maximum Gasteiger partial charge on any atom is 0.408 e. The number of nitrogens with one attached hydrogen (secondary N) is 2. The van der Waals surface area contributed by atoms with Crippen molar-refractivity contribution < 1.29 is 14.3 Å². The van der Waals surface area contributed by atoms with Crippen LogP contribution in [0.25, 0.3) is 0 Å². The van der Waals surface area contributed by atoms with Gasteiger partial charge in [-0.1, -0.05) is 42.1 Å². The van der Waals surface area contributed by atoms with Gasteiger partial charge in [-0.3, -0.25) is 4.79 Å². The summed E-state index contributed by atoms with van der Waals surface area (Å²) in [6.45, 7) is 5.34. The zero-order chi connectivity index (χ0) is 23.1. The minimum atomic E-state index is -0.783. The Kier molecular flexibility index (Phi) is 7.58. The first-order valence-electron chi connectivity index (χ1n) is 10.3. The second-order valence-electron chi connectivity index (χ2n) is 8.32. The lowest BCUT2D eigenvalue weighted by molar-refractivity contribution is -0.118. The van der Waals surface area contributed by atoms with E-state index in [2.05, 4.69) is 15.6 Å². The van der Waals surface area contributed by atoms with E-state index in [1.54, 1.807) is 27.0 Å². The Bertz CT molecular complexity index is 1040. The van der Waals surface area contributed by atoms with E-state index in [1.807, 2.05) is 72.4 Å². The Morgan fingerprint density at radius 3 is 2.38 bits per heavy atom. The summed E-state index contributed by atoms with van der Waals surface area (Å²) in [6, 6.07) is 16.3. The molecular formula is C24H28N4O3S. The molecule has 2 N–H and O–H groups in total. The van der Waals surface area contributed by atoms with Crippen LogP contribution >= 0.6 is 11.8 Å². The number of imidazole rings is 1. The number of nitrogens with zero attached hydrogens (tertiary/aromatic N) is 2. The predicted octanol–water partition coefficient (Wildman–Crippen LogP) is 4.65. The highest BCUT2D eigenvalue weighted by molar-refractivity contribution is 7.99. The van der Waals surface area contributed by atoms with Crippen LogP contribution in [0.3, 0.4) is 0 Å². The normalized spacial score (nSPS) is 12.1. The molecule has 32 heavy (non-hydrogen) atoms. The fourth-order valence-corrected chi connectivity index (χ4v) is 3.70. The molecule has 0 aliphatic rings. The van der Waals surface area contributed by atoms with Gasteiger partial charge in [0, 0.05) is 36.4 Å². The standard InChI is InChI=1S/C24H28N4O3S/c1-24(2,3)31-23(30)27-20(16-17-8-6-5-7-9-17)21(29)26-18-10-12-19(13-11-18)32-22-25-14-15-28(22)4/h5-15,20H,16H2,1-4H3,(H,26,29)(H,27,30). The van der Waals surface area contributed by atoms with Crippen molar-refractivity contribution in [3.63, 3.8) is 0 Å². The van der Waals surface area contributed by atoms with Gasteiger partial charge in [0.15, 0.2) is 5.16 Å². The van der Waals surface area contributed by atoms with Gasteiger partial charge < -0.3 is 19.9 Å². The third-order valence-corrected chi connectivity index (χ3v) is 5.48. The molecule has 0 saturated carbocycles. The highest BCUT2D eigenvalue weighted by Crippen LogP contribution is 2.26. The Hall–Kier alpha value is -3.26. The monoisotopic (exact) mass is 452 g/mol. The molecule has 0 aliphatic heterocycles. The van der Waals surface area contributed by atoms with Gasteiger partial charge in [0.2, 0.25) is 5.91 Å². The van der Waals surface area contributed by atoms with E-state index in [4.69, 9.17) is 4.74 Å². The lowest BCUT2D eigenvalue weighted by Crippen LogP contribution is -2.47. The molecule has 0 fully saturated rings. The molecule has 7 nitrogen and oxygen atoms in total. The summed E-state index contributed by atoms with van der Waals surface area (Å²) in [6.07, 6.45) is 3.36. The summed E-state index contributed by atoms with van der Waals surface area (Å²) in [5.74, 6) is -0.316. The number of carbonyl (C=O) groups excluding carboxylic acids is 2. The van der Waals surface area contributed by atoms with Crippen LogP contribution < -0.4 is 10.6 Å². The third-order valence-electron chi connectivity index (χ3n) is 4.40. The minimum absolute atomic E-state index is 0.316. The first kappa shape index (κ1) is 23.4. The SMILES string of the molecule is Cn1ccnc1Sc1ccc(NC(=O)C(Cc2ccccc2)NC(=O)OC(C)(C)C)cc1. The second-order valence-corrected chi connectivity index (χ2v) is 9.37. The molecule has 1 unspecified atom stereocenters. The number of aryl methyl sites for hydroxylation is 1. The Balaban J connectivity index is 1.68.